The fraction of sp³-hybridized carbons (Fsp3) is 0.462. The summed E-state index contributed by atoms with van der Waals surface area (Å²) in [5.41, 5.74) is -0.984. The third kappa shape index (κ3) is 2.93. The number of carbonyl (C=O) groups excluding carboxylic acids is 1. The van der Waals surface area contributed by atoms with Gasteiger partial charge in [-0.25, -0.2) is 0 Å². The molecule has 0 spiro atoms. The van der Waals surface area contributed by atoms with Crippen molar-refractivity contribution in [3.05, 3.63) is 39.7 Å². The Balaban J connectivity index is 2.21. The number of nitro benzene ring substituents is 1. The van der Waals surface area contributed by atoms with Crippen molar-refractivity contribution in [3.8, 4) is 0 Å². The molecule has 0 N–H and O–H groups in total. The first kappa shape index (κ1) is 14.4. The largest absolute Gasteiger partial charge is 0.372 e. The molecule has 0 aromatic heterocycles. The molecular weight excluding hydrogens is 267 g/mol. The molecular formula is C13H15FN2O4. The van der Waals surface area contributed by atoms with Crippen molar-refractivity contribution in [2.24, 2.45) is 0 Å². The number of nitrogens with zero attached hydrogens (tertiary/aromatic N) is 2. The van der Waals surface area contributed by atoms with Crippen LogP contribution in [0.3, 0.4) is 0 Å². The van der Waals surface area contributed by atoms with Gasteiger partial charge in [0.25, 0.3) is 5.91 Å². The maximum atomic E-state index is 13.5. The monoisotopic (exact) mass is 282 g/mol. The molecule has 1 amide bonds. The van der Waals surface area contributed by atoms with E-state index in [0.717, 1.165) is 12.1 Å². The SMILES string of the molecule is CC1(C)CN(C(=O)c2ccc([N+](=O)[O-])c(F)c2)CCO1. The molecule has 1 aromatic rings. The molecule has 1 fully saturated rings. The Bertz CT molecular complexity index is 559. The molecule has 1 aliphatic rings. The molecule has 0 aliphatic carbocycles. The lowest BCUT2D eigenvalue weighted by molar-refractivity contribution is -0.387. The molecule has 1 aromatic carbocycles. The number of morpholine rings is 1. The van der Waals surface area contributed by atoms with Gasteiger partial charge in [0.05, 0.1) is 17.1 Å². The molecule has 6 nitrogen and oxygen atoms in total. The second kappa shape index (κ2) is 5.16. The molecule has 0 atom stereocenters. The van der Waals surface area contributed by atoms with E-state index in [1.54, 1.807) is 4.90 Å². The molecule has 0 saturated carbocycles. The normalized spacial score (nSPS) is 17.9. The summed E-state index contributed by atoms with van der Waals surface area (Å²) >= 11 is 0. The van der Waals surface area contributed by atoms with Crippen molar-refractivity contribution in [2.45, 2.75) is 19.4 Å². The molecule has 7 heteroatoms. The Hall–Kier alpha value is -2.02. The number of rotatable bonds is 2. The van der Waals surface area contributed by atoms with Crippen molar-refractivity contribution in [2.75, 3.05) is 19.7 Å². The highest BCUT2D eigenvalue weighted by atomic mass is 19.1. The van der Waals surface area contributed by atoms with Gasteiger partial charge in [0.15, 0.2) is 0 Å². The minimum atomic E-state index is -1.01. The van der Waals surface area contributed by atoms with E-state index < -0.39 is 22.0 Å². The zero-order valence-electron chi connectivity index (χ0n) is 11.3. The van der Waals surface area contributed by atoms with E-state index in [9.17, 15) is 19.3 Å². The summed E-state index contributed by atoms with van der Waals surface area (Å²) in [6, 6.07) is 3.18. The van der Waals surface area contributed by atoms with E-state index in [0.29, 0.717) is 19.7 Å². The maximum Gasteiger partial charge on any atom is 0.304 e. The molecule has 0 bridgehead atoms. The second-order valence-electron chi connectivity index (χ2n) is 5.26. The summed E-state index contributed by atoms with van der Waals surface area (Å²) in [4.78, 5) is 23.5. The third-order valence-corrected chi connectivity index (χ3v) is 3.10. The van der Waals surface area contributed by atoms with Crippen molar-refractivity contribution in [1.82, 2.24) is 4.90 Å². The van der Waals surface area contributed by atoms with E-state index >= 15 is 0 Å². The standard InChI is InChI=1S/C13H15FN2O4/c1-13(2)8-15(5-6-20-13)12(17)9-3-4-11(16(18)19)10(14)7-9/h3-4,7H,5-6,8H2,1-2H3. The summed E-state index contributed by atoms with van der Waals surface area (Å²) < 4.78 is 19.0. The van der Waals surface area contributed by atoms with E-state index in [-0.39, 0.29) is 11.5 Å². The van der Waals surface area contributed by atoms with Gasteiger partial charge < -0.3 is 9.64 Å². The zero-order chi connectivity index (χ0) is 14.9. The van der Waals surface area contributed by atoms with Gasteiger partial charge >= 0.3 is 5.69 Å². The Morgan fingerprint density at radius 1 is 1.50 bits per heavy atom. The molecule has 20 heavy (non-hydrogen) atoms. The van der Waals surface area contributed by atoms with Crippen molar-refractivity contribution in [1.29, 1.82) is 0 Å². The van der Waals surface area contributed by atoms with Crippen LogP contribution in [0.15, 0.2) is 18.2 Å². The van der Waals surface area contributed by atoms with Gasteiger partial charge in [0.2, 0.25) is 5.82 Å². The number of benzene rings is 1. The van der Waals surface area contributed by atoms with Gasteiger partial charge in [-0.1, -0.05) is 0 Å². The number of nitro groups is 1. The lowest BCUT2D eigenvalue weighted by Crippen LogP contribution is -2.50. The van der Waals surface area contributed by atoms with E-state index in [1.165, 1.54) is 6.07 Å². The average Bonchev–Trinajstić information content (AvgIpc) is 2.36. The molecule has 2 rings (SSSR count). The van der Waals surface area contributed by atoms with Crippen LogP contribution in [0.4, 0.5) is 10.1 Å². The van der Waals surface area contributed by atoms with Crippen LogP contribution in [0, 0.1) is 15.9 Å². The van der Waals surface area contributed by atoms with Crippen LogP contribution in [0.2, 0.25) is 0 Å². The Morgan fingerprint density at radius 3 is 2.75 bits per heavy atom. The highest BCUT2D eigenvalue weighted by Gasteiger charge is 2.31. The topological polar surface area (TPSA) is 72.7 Å². The number of amides is 1. The number of halogens is 1. The molecule has 1 heterocycles. The van der Waals surface area contributed by atoms with E-state index in [2.05, 4.69) is 0 Å². The second-order valence-corrected chi connectivity index (χ2v) is 5.26. The molecule has 1 aliphatic heterocycles. The van der Waals surface area contributed by atoms with Crippen molar-refractivity contribution < 1.29 is 18.8 Å². The van der Waals surface area contributed by atoms with Crippen LogP contribution >= 0.6 is 0 Å². The summed E-state index contributed by atoms with van der Waals surface area (Å²) in [5.74, 6) is -1.36. The first-order chi connectivity index (χ1) is 9.30. The first-order valence-electron chi connectivity index (χ1n) is 6.17. The molecule has 108 valence electrons. The first-order valence-corrected chi connectivity index (χ1v) is 6.17. The summed E-state index contributed by atoms with van der Waals surface area (Å²) in [7, 11) is 0. The van der Waals surface area contributed by atoms with Crippen LogP contribution in [0.5, 0.6) is 0 Å². The van der Waals surface area contributed by atoms with Crippen LogP contribution in [-0.4, -0.2) is 41.0 Å². The van der Waals surface area contributed by atoms with Gasteiger partial charge in [-0.3, -0.25) is 14.9 Å². The summed E-state index contributed by atoms with van der Waals surface area (Å²) in [5, 5.41) is 10.5. The van der Waals surface area contributed by atoms with Crippen LogP contribution < -0.4 is 0 Å². The van der Waals surface area contributed by atoms with Crippen LogP contribution in [0.25, 0.3) is 0 Å². The van der Waals surface area contributed by atoms with Crippen LogP contribution in [0.1, 0.15) is 24.2 Å². The minimum absolute atomic E-state index is 0.103. The molecule has 0 unspecified atom stereocenters. The number of carbonyl (C=O) groups is 1. The molecule has 0 radical (unpaired) electrons. The highest BCUT2D eigenvalue weighted by Crippen LogP contribution is 2.22. The van der Waals surface area contributed by atoms with E-state index in [1.807, 2.05) is 13.8 Å². The Labute approximate surface area is 115 Å². The summed E-state index contributed by atoms with van der Waals surface area (Å²) in [6.07, 6.45) is 0. The fourth-order valence-electron chi connectivity index (χ4n) is 2.16. The Morgan fingerprint density at radius 2 is 2.20 bits per heavy atom. The fourth-order valence-corrected chi connectivity index (χ4v) is 2.16. The summed E-state index contributed by atoms with van der Waals surface area (Å²) in [6.45, 7) is 4.95. The number of ether oxygens (including phenoxy) is 1. The highest BCUT2D eigenvalue weighted by molar-refractivity contribution is 5.94. The minimum Gasteiger partial charge on any atom is -0.372 e. The van der Waals surface area contributed by atoms with E-state index in [4.69, 9.17) is 4.74 Å². The van der Waals surface area contributed by atoms with Crippen LogP contribution in [-0.2, 0) is 4.74 Å². The number of hydrogen-bond acceptors (Lipinski definition) is 4. The quantitative estimate of drug-likeness (QED) is 0.614. The zero-order valence-corrected chi connectivity index (χ0v) is 11.3. The van der Waals surface area contributed by atoms with Crippen molar-refractivity contribution >= 4 is 11.6 Å². The Kier molecular flexibility index (Phi) is 3.71. The van der Waals surface area contributed by atoms with Gasteiger partial charge in [0.1, 0.15) is 0 Å². The maximum absolute atomic E-state index is 13.5. The smallest absolute Gasteiger partial charge is 0.304 e. The van der Waals surface area contributed by atoms with Gasteiger partial charge in [-0.15, -0.1) is 0 Å². The van der Waals surface area contributed by atoms with Crippen molar-refractivity contribution in [3.63, 3.8) is 0 Å². The van der Waals surface area contributed by atoms with Gasteiger partial charge in [-0.05, 0) is 26.0 Å². The predicted octanol–water partition coefficient (Wildman–Crippen LogP) is 1.98. The predicted molar refractivity (Wildman–Crippen MR) is 69.0 cm³/mol. The van der Waals surface area contributed by atoms with Gasteiger partial charge in [0, 0.05) is 24.7 Å². The average molecular weight is 282 g/mol. The lowest BCUT2D eigenvalue weighted by Gasteiger charge is -2.38. The number of hydrogen-bond donors (Lipinski definition) is 0. The van der Waals surface area contributed by atoms with Gasteiger partial charge in [-0.2, -0.15) is 4.39 Å². The molecule has 1 saturated heterocycles. The third-order valence-electron chi connectivity index (χ3n) is 3.10. The lowest BCUT2D eigenvalue weighted by atomic mass is 10.1.